The highest BCUT2D eigenvalue weighted by Gasteiger charge is 2.33. The Bertz CT molecular complexity index is 721. The van der Waals surface area contributed by atoms with E-state index in [1.54, 1.807) is 17.9 Å². The van der Waals surface area contributed by atoms with E-state index in [1.807, 2.05) is 31.2 Å². The molecule has 3 rings (SSSR count). The van der Waals surface area contributed by atoms with Crippen LogP contribution in [0.2, 0.25) is 0 Å². The summed E-state index contributed by atoms with van der Waals surface area (Å²) in [5, 5.41) is 6.40. The predicted octanol–water partition coefficient (Wildman–Crippen LogP) is 1.82. The Morgan fingerprint density at radius 2 is 2.09 bits per heavy atom. The van der Waals surface area contributed by atoms with E-state index in [1.165, 1.54) is 5.56 Å². The van der Waals surface area contributed by atoms with Gasteiger partial charge in [-0.25, -0.2) is 0 Å². The highest BCUT2D eigenvalue weighted by Crippen LogP contribution is 2.16. The normalized spacial score (nSPS) is 17.6. The van der Waals surface area contributed by atoms with Crippen LogP contribution in [-0.4, -0.2) is 34.5 Å². The first-order valence-corrected chi connectivity index (χ1v) is 7.61. The Balaban J connectivity index is 1.60. The van der Waals surface area contributed by atoms with Gasteiger partial charge in [0.1, 0.15) is 6.04 Å². The molecular formula is C17H19N3O3. The van der Waals surface area contributed by atoms with E-state index in [2.05, 4.69) is 10.5 Å². The molecule has 0 bridgehead atoms. The average Bonchev–Trinajstić information content (AvgIpc) is 3.10. The SMILES string of the molecule is Cc1ccc(CN2CCC(NC(=O)c3cc(C)no3)C2=O)cc1. The lowest BCUT2D eigenvalue weighted by atomic mass is 10.1. The molecule has 1 aliphatic rings. The van der Waals surface area contributed by atoms with Crippen molar-refractivity contribution < 1.29 is 14.1 Å². The average molecular weight is 313 g/mol. The number of likely N-dealkylation sites (tertiary alicyclic amines) is 1. The largest absolute Gasteiger partial charge is 0.351 e. The number of nitrogens with one attached hydrogen (secondary N) is 1. The van der Waals surface area contributed by atoms with Gasteiger partial charge < -0.3 is 14.7 Å². The summed E-state index contributed by atoms with van der Waals surface area (Å²) < 4.78 is 4.92. The van der Waals surface area contributed by atoms with Crippen molar-refractivity contribution in [2.24, 2.45) is 0 Å². The molecule has 1 aromatic carbocycles. The molecule has 0 aliphatic carbocycles. The Kier molecular flexibility index (Phi) is 4.14. The lowest BCUT2D eigenvalue weighted by molar-refractivity contribution is -0.129. The van der Waals surface area contributed by atoms with Gasteiger partial charge in [0.2, 0.25) is 11.7 Å². The molecule has 2 heterocycles. The monoisotopic (exact) mass is 313 g/mol. The fraction of sp³-hybridized carbons (Fsp3) is 0.353. The van der Waals surface area contributed by atoms with Gasteiger partial charge in [0.25, 0.3) is 5.91 Å². The van der Waals surface area contributed by atoms with Crippen molar-refractivity contribution in [2.75, 3.05) is 6.54 Å². The third-order valence-electron chi connectivity index (χ3n) is 3.95. The molecular weight excluding hydrogens is 294 g/mol. The summed E-state index contributed by atoms with van der Waals surface area (Å²) in [7, 11) is 0. The van der Waals surface area contributed by atoms with Crippen molar-refractivity contribution in [3.8, 4) is 0 Å². The number of hydrogen-bond acceptors (Lipinski definition) is 4. The Morgan fingerprint density at radius 3 is 2.74 bits per heavy atom. The molecule has 6 heteroatoms. The van der Waals surface area contributed by atoms with Crippen LogP contribution in [0.5, 0.6) is 0 Å². The maximum absolute atomic E-state index is 12.4. The van der Waals surface area contributed by atoms with Crippen LogP contribution < -0.4 is 5.32 Å². The van der Waals surface area contributed by atoms with Crippen LogP contribution in [0.4, 0.5) is 0 Å². The summed E-state index contributed by atoms with van der Waals surface area (Å²) in [4.78, 5) is 26.2. The highest BCUT2D eigenvalue weighted by molar-refractivity contribution is 5.96. The molecule has 1 fully saturated rings. The number of benzene rings is 1. The van der Waals surface area contributed by atoms with Crippen LogP contribution >= 0.6 is 0 Å². The molecule has 0 spiro atoms. The minimum Gasteiger partial charge on any atom is -0.351 e. The van der Waals surface area contributed by atoms with Crippen molar-refractivity contribution in [2.45, 2.75) is 32.9 Å². The molecule has 2 amide bonds. The lowest BCUT2D eigenvalue weighted by Gasteiger charge is -2.17. The minimum atomic E-state index is -0.502. The Labute approximate surface area is 134 Å². The quantitative estimate of drug-likeness (QED) is 0.934. The highest BCUT2D eigenvalue weighted by atomic mass is 16.5. The van der Waals surface area contributed by atoms with Crippen molar-refractivity contribution in [1.29, 1.82) is 0 Å². The molecule has 120 valence electrons. The summed E-state index contributed by atoms with van der Waals surface area (Å²) >= 11 is 0. The van der Waals surface area contributed by atoms with Gasteiger partial charge in [-0.15, -0.1) is 0 Å². The van der Waals surface area contributed by atoms with Crippen LogP contribution in [0.15, 0.2) is 34.9 Å². The lowest BCUT2D eigenvalue weighted by Crippen LogP contribution is -2.41. The van der Waals surface area contributed by atoms with Gasteiger partial charge >= 0.3 is 0 Å². The number of amides is 2. The van der Waals surface area contributed by atoms with Gasteiger partial charge in [-0.3, -0.25) is 9.59 Å². The maximum atomic E-state index is 12.4. The van der Waals surface area contributed by atoms with Crippen LogP contribution in [-0.2, 0) is 11.3 Å². The van der Waals surface area contributed by atoms with E-state index in [-0.39, 0.29) is 11.7 Å². The number of aromatic nitrogens is 1. The van der Waals surface area contributed by atoms with Crippen LogP contribution in [0.25, 0.3) is 0 Å². The number of nitrogens with zero attached hydrogens (tertiary/aromatic N) is 2. The number of hydrogen-bond donors (Lipinski definition) is 1. The third-order valence-corrected chi connectivity index (χ3v) is 3.95. The topological polar surface area (TPSA) is 75.4 Å². The predicted molar refractivity (Wildman–Crippen MR) is 83.7 cm³/mol. The zero-order chi connectivity index (χ0) is 16.4. The van der Waals surface area contributed by atoms with Crippen molar-refractivity contribution >= 4 is 11.8 Å². The summed E-state index contributed by atoms with van der Waals surface area (Å²) in [5.41, 5.74) is 2.91. The fourth-order valence-electron chi connectivity index (χ4n) is 2.64. The second-order valence-corrected chi connectivity index (χ2v) is 5.89. The van der Waals surface area contributed by atoms with Gasteiger partial charge in [-0.05, 0) is 25.8 Å². The van der Waals surface area contributed by atoms with Crippen LogP contribution in [0.3, 0.4) is 0 Å². The molecule has 1 aromatic heterocycles. The van der Waals surface area contributed by atoms with Crippen molar-refractivity contribution in [1.82, 2.24) is 15.4 Å². The molecule has 1 saturated heterocycles. The first-order chi connectivity index (χ1) is 11.0. The Hall–Kier alpha value is -2.63. The van der Waals surface area contributed by atoms with Gasteiger partial charge in [-0.1, -0.05) is 35.0 Å². The number of aryl methyl sites for hydroxylation is 2. The first-order valence-electron chi connectivity index (χ1n) is 7.61. The second-order valence-electron chi connectivity index (χ2n) is 5.89. The zero-order valence-electron chi connectivity index (χ0n) is 13.2. The van der Waals surface area contributed by atoms with E-state index in [0.717, 1.165) is 5.56 Å². The molecule has 0 radical (unpaired) electrons. The van der Waals surface area contributed by atoms with Gasteiger partial charge in [-0.2, -0.15) is 0 Å². The van der Waals surface area contributed by atoms with Crippen LogP contribution in [0.1, 0.15) is 33.8 Å². The molecule has 6 nitrogen and oxygen atoms in total. The molecule has 1 atom stereocenters. The minimum absolute atomic E-state index is 0.0600. The molecule has 2 aromatic rings. The molecule has 1 unspecified atom stereocenters. The summed E-state index contributed by atoms with van der Waals surface area (Å²) in [6, 6.07) is 9.15. The molecule has 23 heavy (non-hydrogen) atoms. The molecule has 0 saturated carbocycles. The smallest absolute Gasteiger partial charge is 0.290 e. The van der Waals surface area contributed by atoms with Gasteiger partial charge in [0.05, 0.1) is 5.69 Å². The summed E-state index contributed by atoms with van der Waals surface area (Å²) in [6.45, 7) is 4.96. The van der Waals surface area contributed by atoms with Crippen molar-refractivity contribution in [3.63, 3.8) is 0 Å². The van der Waals surface area contributed by atoms with E-state index in [0.29, 0.717) is 25.2 Å². The van der Waals surface area contributed by atoms with Crippen molar-refractivity contribution in [3.05, 3.63) is 52.9 Å². The van der Waals surface area contributed by atoms with Gasteiger partial charge in [0, 0.05) is 19.2 Å². The Morgan fingerprint density at radius 1 is 1.35 bits per heavy atom. The van der Waals surface area contributed by atoms with Crippen LogP contribution in [0, 0.1) is 13.8 Å². The summed E-state index contributed by atoms with van der Waals surface area (Å²) in [6.07, 6.45) is 0.601. The molecule has 1 aliphatic heterocycles. The maximum Gasteiger partial charge on any atom is 0.290 e. The van der Waals surface area contributed by atoms with E-state index in [9.17, 15) is 9.59 Å². The second kappa shape index (κ2) is 6.24. The van der Waals surface area contributed by atoms with E-state index in [4.69, 9.17) is 4.52 Å². The number of rotatable bonds is 4. The molecule has 1 N–H and O–H groups in total. The summed E-state index contributed by atoms with van der Waals surface area (Å²) in [5.74, 6) is -0.330. The fourth-order valence-corrected chi connectivity index (χ4v) is 2.64. The first kappa shape index (κ1) is 15.3. The number of carbonyl (C=O) groups is 2. The standard InChI is InChI=1S/C17H19N3O3/c1-11-3-5-13(6-4-11)10-20-8-7-14(17(20)22)18-16(21)15-9-12(2)19-23-15/h3-6,9,14H,7-8,10H2,1-2H3,(H,18,21). The van der Waals surface area contributed by atoms with E-state index < -0.39 is 11.9 Å². The third kappa shape index (κ3) is 3.41. The van der Waals surface area contributed by atoms with Gasteiger partial charge in [0.15, 0.2) is 0 Å². The van der Waals surface area contributed by atoms with E-state index >= 15 is 0 Å². The number of carbonyl (C=O) groups excluding carboxylic acids is 2. The zero-order valence-corrected chi connectivity index (χ0v) is 13.2.